The quantitative estimate of drug-likeness (QED) is 0.547. The van der Waals surface area contributed by atoms with Crippen LogP contribution in [0.3, 0.4) is 0 Å². The molecule has 0 aliphatic rings. The van der Waals surface area contributed by atoms with Crippen LogP contribution in [-0.2, 0) is 27.8 Å². The molecule has 166 valence electrons. The van der Waals surface area contributed by atoms with Gasteiger partial charge in [0.15, 0.2) is 0 Å². The summed E-state index contributed by atoms with van der Waals surface area (Å²) in [6.45, 7) is 4.78. The smallest absolute Gasteiger partial charge is 0.242 e. The summed E-state index contributed by atoms with van der Waals surface area (Å²) in [5.41, 5.74) is 2.40. The number of unbranched alkanes of at least 4 members (excludes halogenated alkanes) is 1. The standard InChI is InChI=1S/C22H29N5O3S/c1-5-6-14-27-19-10-9-17(31(29,30)26(3)4)15-18(19)24-20(27)11-12-21(28)25-22-16(2)8-7-13-23-22/h7-10,13,15H,5-6,11-12,14H2,1-4H3,(H,23,25,28). The van der Waals surface area contributed by atoms with Gasteiger partial charge in [0.05, 0.1) is 15.9 Å². The second-order valence-electron chi connectivity index (χ2n) is 7.69. The van der Waals surface area contributed by atoms with Crippen molar-refractivity contribution >= 4 is 32.8 Å². The Morgan fingerprint density at radius 2 is 2.00 bits per heavy atom. The molecule has 3 aromatic rings. The molecule has 0 atom stereocenters. The molecule has 1 aromatic carbocycles. The van der Waals surface area contributed by atoms with Crippen molar-refractivity contribution in [3.63, 3.8) is 0 Å². The SMILES string of the molecule is CCCCn1c(CCC(=O)Nc2ncccc2C)nc2cc(S(=O)(=O)N(C)C)ccc21. The number of carbonyl (C=O) groups excluding carboxylic acids is 1. The molecule has 0 radical (unpaired) electrons. The van der Waals surface area contributed by atoms with Crippen LogP contribution in [0, 0.1) is 6.92 Å². The van der Waals surface area contributed by atoms with Crippen molar-refractivity contribution in [1.29, 1.82) is 0 Å². The molecule has 0 spiro atoms. The number of rotatable bonds is 9. The zero-order valence-electron chi connectivity index (χ0n) is 18.4. The number of nitrogens with one attached hydrogen (secondary N) is 1. The number of amides is 1. The number of anilines is 1. The van der Waals surface area contributed by atoms with Crippen LogP contribution in [-0.4, -0.2) is 47.3 Å². The summed E-state index contributed by atoms with van der Waals surface area (Å²) in [5.74, 6) is 1.20. The number of imidazole rings is 1. The molecule has 0 saturated heterocycles. The highest BCUT2D eigenvalue weighted by molar-refractivity contribution is 7.89. The average molecular weight is 444 g/mol. The number of sulfonamides is 1. The summed E-state index contributed by atoms with van der Waals surface area (Å²) in [4.78, 5) is 21.6. The second-order valence-corrected chi connectivity index (χ2v) is 9.84. The summed E-state index contributed by atoms with van der Waals surface area (Å²) >= 11 is 0. The normalized spacial score (nSPS) is 11.9. The molecule has 0 aliphatic heterocycles. The number of carbonyl (C=O) groups is 1. The van der Waals surface area contributed by atoms with Crippen molar-refractivity contribution in [2.75, 3.05) is 19.4 Å². The fourth-order valence-electron chi connectivity index (χ4n) is 3.32. The lowest BCUT2D eigenvalue weighted by molar-refractivity contribution is -0.116. The fourth-order valence-corrected chi connectivity index (χ4v) is 4.25. The van der Waals surface area contributed by atoms with Crippen molar-refractivity contribution in [1.82, 2.24) is 18.8 Å². The lowest BCUT2D eigenvalue weighted by atomic mass is 10.2. The van der Waals surface area contributed by atoms with Gasteiger partial charge in [-0.1, -0.05) is 19.4 Å². The van der Waals surface area contributed by atoms with Crippen molar-refractivity contribution in [3.8, 4) is 0 Å². The maximum absolute atomic E-state index is 12.5. The van der Waals surface area contributed by atoms with Crippen LogP contribution in [0.5, 0.6) is 0 Å². The van der Waals surface area contributed by atoms with E-state index in [1.807, 2.05) is 19.1 Å². The van der Waals surface area contributed by atoms with Gasteiger partial charge >= 0.3 is 0 Å². The third-order valence-electron chi connectivity index (χ3n) is 5.16. The third-order valence-corrected chi connectivity index (χ3v) is 6.97. The van der Waals surface area contributed by atoms with Gasteiger partial charge in [-0.25, -0.2) is 22.7 Å². The van der Waals surface area contributed by atoms with Gasteiger partial charge in [0.2, 0.25) is 15.9 Å². The largest absolute Gasteiger partial charge is 0.328 e. The highest BCUT2D eigenvalue weighted by Crippen LogP contribution is 2.23. The molecule has 0 aliphatic carbocycles. The van der Waals surface area contributed by atoms with E-state index >= 15 is 0 Å². The van der Waals surface area contributed by atoms with Gasteiger partial charge in [0.25, 0.3) is 0 Å². The Hall–Kier alpha value is -2.78. The predicted octanol–water partition coefficient (Wildman–Crippen LogP) is 3.36. The number of fused-ring (bicyclic) bond motifs is 1. The highest BCUT2D eigenvalue weighted by atomic mass is 32.2. The third kappa shape index (κ3) is 5.11. The van der Waals surface area contributed by atoms with E-state index in [4.69, 9.17) is 0 Å². The first-order valence-electron chi connectivity index (χ1n) is 10.4. The monoisotopic (exact) mass is 443 g/mol. The Morgan fingerprint density at radius 3 is 2.68 bits per heavy atom. The van der Waals surface area contributed by atoms with Crippen molar-refractivity contribution in [3.05, 3.63) is 47.9 Å². The van der Waals surface area contributed by atoms with Crippen molar-refractivity contribution < 1.29 is 13.2 Å². The summed E-state index contributed by atoms with van der Waals surface area (Å²) in [7, 11) is -0.527. The van der Waals surface area contributed by atoms with E-state index in [2.05, 4.69) is 26.8 Å². The molecule has 0 saturated carbocycles. The van der Waals surface area contributed by atoms with Gasteiger partial charge in [-0.05, 0) is 43.2 Å². The van der Waals surface area contributed by atoms with Crippen molar-refractivity contribution in [2.24, 2.45) is 0 Å². The number of nitrogens with zero attached hydrogens (tertiary/aromatic N) is 4. The van der Waals surface area contributed by atoms with E-state index in [9.17, 15) is 13.2 Å². The van der Waals surface area contributed by atoms with Crippen LogP contribution in [0.25, 0.3) is 11.0 Å². The lowest BCUT2D eigenvalue weighted by Crippen LogP contribution is -2.22. The number of benzene rings is 1. The molecule has 0 unspecified atom stereocenters. The van der Waals surface area contributed by atoms with Crippen LogP contribution < -0.4 is 5.32 Å². The summed E-state index contributed by atoms with van der Waals surface area (Å²) in [6, 6.07) is 8.74. The first-order chi connectivity index (χ1) is 14.7. The van der Waals surface area contributed by atoms with Gasteiger partial charge in [0.1, 0.15) is 11.6 Å². The van der Waals surface area contributed by atoms with Gasteiger partial charge in [-0.3, -0.25) is 4.79 Å². The zero-order valence-corrected chi connectivity index (χ0v) is 19.2. The maximum atomic E-state index is 12.5. The number of pyridine rings is 1. The zero-order chi connectivity index (χ0) is 22.6. The van der Waals surface area contributed by atoms with E-state index in [0.29, 0.717) is 17.8 Å². The second kappa shape index (κ2) is 9.57. The molecule has 8 nitrogen and oxygen atoms in total. The van der Waals surface area contributed by atoms with Crippen LogP contribution >= 0.6 is 0 Å². The average Bonchev–Trinajstić information content (AvgIpc) is 3.09. The van der Waals surface area contributed by atoms with E-state index in [1.165, 1.54) is 18.4 Å². The van der Waals surface area contributed by atoms with Gasteiger partial charge in [-0.15, -0.1) is 0 Å². The lowest BCUT2D eigenvalue weighted by Gasteiger charge is -2.11. The molecule has 3 rings (SSSR count). The molecule has 2 heterocycles. The maximum Gasteiger partial charge on any atom is 0.242 e. The van der Waals surface area contributed by atoms with E-state index in [-0.39, 0.29) is 17.2 Å². The van der Waals surface area contributed by atoms with E-state index < -0.39 is 10.0 Å². The van der Waals surface area contributed by atoms with Crippen LogP contribution in [0.15, 0.2) is 41.4 Å². The predicted molar refractivity (Wildman–Crippen MR) is 121 cm³/mol. The first-order valence-corrected chi connectivity index (χ1v) is 11.8. The molecule has 9 heteroatoms. The number of hydrogen-bond acceptors (Lipinski definition) is 5. The molecule has 2 aromatic heterocycles. The molecule has 1 N–H and O–H groups in total. The van der Waals surface area contributed by atoms with Crippen LogP contribution in [0.4, 0.5) is 5.82 Å². The fraction of sp³-hybridized carbons (Fsp3) is 0.409. The highest BCUT2D eigenvalue weighted by Gasteiger charge is 2.20. The molecule has 0 bridgehead atoms. The Morgan fingerprint density at radius 1 is 1.23 bits per heavy atom. The summed E-state index contributed by atoms with van der Waals surface area (Å²) in [6.07, 6.45) is 4.34. The number of hydrogen-bond donors (Lipinski definition) is 1. The minimum Gasteiger partial charge on any atom is -0.328 e. The molecular weight excluding hydrogens is 414 g/mol. The molecule has 0 fully saturated rings. The Labute approximate surface area is 183 Å². The minimum absolute atomic E-state index is 0.133. The topological polar surface area (TPSA) is 97.2 Å². The van der Waals surface area contributed by atoms with Crippen LogP contribution in [0.2, 0.25) is 0 Å². The molecule has 31 heavy (non-hydrogen) atoms. The Balaban J connectivity index is 1.86. The summed E-state index contributed by atoms with van der Waals surface area (Å²) < 4.78 is 28.3. The molecular formula is C22H29N5O3S. The Kier molecular flexibility index (Phi) is 7.07. The number of aryl methyl sites for hydroxylation is 3. The number of aromatic nitrogens is 3. The van der Waals surface area contributed by atoms with E-state index in [0.717, 1.165) is 36.3 Å². The molecule has 1 amide bonds. The van der Waals surface area contributed by atoms with Gasteiger partial charge in [0, 0.05) is 39.7 Å². The Bertz CT molecular complexity index is 1190. The van der Waals surface area contributed by atoms with Crippen molar-refractivity contribution in [2.45, 2.75) is 51.0 Å². The van der Waals surface area contributed by atoms with Crippen LogP contribution in [0.1, 0.15) is 37.6 Å². The minimum atomic E-state index is -3.54. The first kappa shape index (κ1) is 22.9. The van der Waals surface area contributed by atoms with Gasteiger partial charge < -0.3 is 9.88 Å². The van der Waals surface area contributed by atoms with E-state index in [1.54, 1.807) is 24.4 Å². The van der Waals surface area contributed by atoms with Gasteiger partial charge in [-0.2, -0.15) is 0 Å². The summed E-state index contributed by atoms with van der Waals surface area (Å²) in [5, 5.41) is 2.85.